The average Bonchev–Trinajstić information content (AvgIpc) is 2.39. The standard InChI is InChI=1S/C8H14N2S/c1-8(2,6-11)5-10-4-3-9-7-10/h3-4,7,11H,5-6H2,1-2H3. The van der Waals surface area contributed by atoms with E-state index in [9.17, 15) is 0 Å². The summed E-state index contributed by atoms with van der Waals surface area (Å²) in [5.74, 6) is 0.894. The van der Waals surface area contributed by atoms with Crippen molar-refractivity contribution in [3.8, 4) is 0 Å². The number of thiol groups is 1. The van der Waals surface area contributed by atoms with Crippen molar-refractivity contribution in [2.45, 2.75) is 20.4 Å². The lowest BCUT2D eigenvalue weighted by Crippen LogP contribution is -2.20. The number of hydrogen-bond acceptors (Lipinski definition) is 2. The summed E-state index contributed by atoms with van der Waals surface area (Å²) in [4.78, 5) is 3.98. The molecule has 0 spiro atoms. The van der Waals surface area contributed by atoms with Crippen molar-refractivity contribution < 1.29 is 0 Å². The molecule has 0 bridgehead atoms. The van der Waals surface area contributed by atoms with Gasteiger partial charge in [0.15, 0.2) is 0 Å². The maximum Gasteiger partial charge on any atom is 0.0946 e. The molecular formula is C8H14N2S. The van der Waals surface area contributed by atoms with Crippen LogP contribution in [0.4, 0.5) is 0 Å². The third-order valence-corrected chi connectivity index (χ3v) is 2.45. The Bertz CT molecular complexity index is 204. The molecule has 1 aromatic rings. The predicted molar refractivity (Wildman–Crippen MR) is 49.9 cm³/mol. The monoisotopic (exact) mass is 170 g/mol. The van der Waals surface area contributed by atoms with Crippen molar-refractivity contribution in [3.63, 3.8) is 0 Å². The van der Waals surface area contributed by atoms with Gasteiger partial charge in [0.05, 0.1) is 6.33 Å². The van der Waals surface area contributed by atoms with Gasteiger partial charge in [0.25, 0.3) is 0 Å². The van der Waals surface area contributed by atoms with Crippen LogP contribution in [-0.2, 0) is 6.54 Å². The van der Waals surface area contributed by atoms with Crippen LogP contribution in [-0.4, -0.2) is 15.3 Å². The van der Waals surface area contributed by atoms with Gasteiger partial charge in [0, 0.05) is 18.9 Å². The lowest BCUT2D eigenvalue weighted by atomic mass is 9.96. The molecule has 0 aliphatic heterocycles. The molecule has 0 aliphatic carbocycles. The van der Waals surface area contributed by atoms with Crippen LogP contribution >= 0.6 is 12.6 Å². The van der Waals surface area contributed by atoms with Crippen LogP contribution in [0.15, 0.2) is 18.7 Å². The summed E-state index contributed by atoms with van der Waals surface area (Å²) in [5.41, 5.74) is 0.254. The zero-order valence-corrected chi connectivity index (χ0v) is 7.88. The molecule has 0 unspecified atom stereocenters. The number of aromatic nitrogens is 2. The summed E-state index contributed by atoms with van der Waals surface area (Å²) in [6.07, 6.45) is 5.62. The highest BCUT2D eigenvalue weighted by Crippen LogP contribution is 2.18. The van der Waals surface area contributed by atoms with Crippen molar-refractivity contribution in [1.29, 1.82) is 0 Å². The second kappa shape index (κ2) is 3.30. The molecule has 1 rings (SSSR count). The predicted octanol–water partition coefficient (Wildman–Crippen LogP) is 1.84. The Morgan fingerprint density at radius 2 is 2.27 bits per heavy atom. The van der Waals surface area contributed by atoms with Gasteiger partial charge in [-0.1, -0.05) is 13.8 Å². The highest BCUT2D eigenvalue weighted by molar-refractivity contribution is 7.80. The van der Waals surface area contributed by atoms with E-state index in [0.717, 1.165) is 12.3 Å². The minimum Gasteiger partial charge on any atom is -0.337 e. The molecule has 0 N–H and O–H groups in total. The highest BCUT2D eigenvalue weighted by atomic mass is 32.1. The summed E-state index contributed by atoms with van der Waals surface area (Å²) >= 11 is 4.28. The molecule has 0 atom stereocenters. The van der Waals surface area contributed by atoms with Crippen LogP contribution in [0.5, 0.6) is 0 Å². The quantitative estimate of drug-likeness (QED) is 0.685. The summed E-state index contributed by atoms with van der Waals surface area (Å²) in [5, 5.41) is 0. The first-order valence-electron chi connectivity index (χ1n) is 3.71. The van der Waals surface area contributed by atoms with Crippen molar-refractivity contribution in [2.75, 3.05) is 5.75 Å². The molecule has 0 saturated heterocycles. The Balaban J connectivity index is 2.56. The van der Waals surface area contributed by atoms with Crippen molar-refractivity contribution in [3.05, 3.63) is 18.7 Å². The molecule has 0 aromatic carbocycles. The second-order valence-electron chi connectivity index (χ2n) is 3.56. The molecule has 0 saturated carbocycles. The molecule has 0 radical (unpaired) electrons. The van der Waals surface area contributed by atoms with Gasteiger partial charge in [-0.15, -0.1) is 0 Å². The Morgan fingerprint density at radius 1 is 1.55 bits per heavy atom. The second-order valence-corrected chi connectivity index (χ2v) is 3.87. The molecular weight excluding hydrogens is 156 g/mol. The lowest BCUT2D eigenvalue weighted by molar-refractivity contribution is 0.353. The van der Waals surface area contributed by atoms with Gasteiger partial charge in [-0.2, -0.15) is 12.6 Å². The topological polar surface area (TPSA) is 17.8 Å². The highest BCUT2D eigenvalue weighted by Gasteiger charge is 2.15. The first-order chi connectivity index (χ1) is 5.14. The number of nitrogens with zero attached hydrogens (tertiary/aromatic N) is 2. The fourth-order valence-corrected chi connectivity index (χ4v) is 1.02. The molecule has 3 heteroatoms. The van der Waals surface area contributed by atoms with E-state index in [4.69, 9.17) is 0 Å². The van der Waals surface area contributed by atoms with E-state index in [-0.39, 0.29) is 5.41 Å². The smallest absolute Gasteiger partial charge is 0.0946 e. The van der Waals surface area contributed by atoms with E-state index < -0.39 is 0 Å². The maximum absolute atomic E-state index is 4.28. The minimum atomic E-state index is 0.254. The fourth-order valence-electron chi connectivity index (χ4n) is 0.925. The average molecular weight is 170 g/mol. The lowest BCUT2D eigenvalue weighted by Gasteiger charge is -2.21. The van der Waals surface area contributed by atoms with Gasteiger partial charge in [0.1, 0.15) is 0 Å². The summed E-state index contributed by atoms with van der Waals surface area (Å²) in [7, 11) is 0. The van der Waals surface area contributed by atoms with Crippen LogP contribution in [0.25, 0.3) is 0 Å². The van der Waals surface area contributed by atoms with Gasteiger partial charge in [-0.05, 0) is 11.2 Å². The molecule has 62 valence electrons. The van der Waals surface area contributed by atoms with Gasteiger partial charge in [0.2, 0.25) is 0 Å². The van der Waals surface area contributed by atoms with Gasteiger partial charge in [-0.25, -0.2) is 4.98 Å². The van der Waals surface area contributed by atoms with E-state index in [2.05, 4.69) is 36.0 Å². The fraction of sp³-hybridized carbons (Fsp3) is 0.625. The van der Waals surface area contributed by atoms with E-state index in [1.807, 2.05) is 12.5 Å². The summed E-state index contributed by atoms with van der Waals surface area (Å²) in [6.45, 7) is 5.37. The minimum absolute atomic E-state index is 0.254. The van der Waals surface area contributed by atoms with E-state index in [1.54, 1.807) is 6.20 Å². The Morgan fingerprint density at radius 3 is 2.73 bits per heavy atom. The summed E-state index contributed by atoms with van der Waals surface area (Å²) < 4.78 is 2.08. The Labute approximate surface area is 73.0 Å². The SMILES string of the molecule is CC(C)(CS)Cn1ccnc1. The van der Waals surface area contributed by atoms with E-state index in [1.165, 1.54) is 0 Å². The summed E-state index contributed by atoms with van der Waals surface area (Å²) in [6, 6.07) is 0. The van der Waals surface area contributed by atoms with Gasteiger partial charge < -0.3 is 4.57 Å². The Kier molecular flexibility index (Phi) is 2.60. The molecule has 11 heavy (non-hydrogen) atoms. The van der Waals surface area contributed by atoms with Crippen LogP contribution in [0.1, 0.15) is 13.8 Å². The van der Waals surface area contributed by atoms with Crippen LogP contribution < -0.4 is 0 Å². The normalized spacial score (nSPS) is 11.9. The van der Waals surface area contributed by atoms with Gasteiger partial charge >= 0.3 is 0 Å². The van der Waals surface area contributed by atoms with Crippen LogP contribution in [0.3, 0.4) is 0 Å². The molecule has 0 aliphatic rings. The van der Waals surface area contributed by atoms with Crippen molar-refractivity contribution in [2.24, 2.45) is 5.41 Å². The van der Waals surface area contributed by atoms with E-state index >= 15 is 0 Å². The first-order valence-corrected chi connectivity index (χ1v) is 4.34. The zero-order valence-electron chi connectivity index (χ0n) is 6.99. The molecule has 1 heterocycles. The van der Waals surface area contributed by atoms with Gasteiger partial charge in [-0.3, -0.25) is 0 Å². The molecule has 1 aromatic heterocycles. The van der Waals surface area contributed by atoms with Crippen LogP contribution in [0, 0.1) is 5.41 Å². The van der Waals surface area contributed by atoms with E-state index in [0.29, 0.717) is 0 Å². The van der Waals surface area contributed by atoms with Crippen LogP contribution in [0.2, 0.25) is 0 Å². The Hall–Kier alpha value is -0.440. The molecule has 0 fully saturated rings. The molecule has 0 amide bonds. The number of hydrogen-bond donors (Lipinski definition) is 1. The third kappa shape index (κ3) is 2.58. The maximum atomic E-state index is 4.28. The number of rotatable bonds is 3. The molecule has 2 nitrogen and oxygen atoms in total. The largest absolute Gasteiger partial charge is 0.337 e. The van der Waals surface area contributed by atoms with Crippen molar-refractivity contribution in [1.82, 2.24) is 9.55 Å². The third-order valence-electron chi connectivity index (χ3n) is 1.60. The number of imidazole rings is 1. The zero-order chi connectivity index (χ0) is 8.32. The van der Waals surface area contributed by atoms with Crippen molar-refractivity contribution >= 4 is 12.6 Å². The first kappa shape index (κ1) is 8.65.